The van der Waals surface area contributed by atoms with Gasteiger partial charge >= 0.3 is 0 Å². The highest BCUT2D eigenvalue weighted by molar-refractivity contribution is 5.96. The number of carbonyl (C=O) groups is 2. The fourth-order valence-corrected chi connectivity index (χ4v) is 3.58. The van der Waals surface area contributed by atoms with Crippen LogP contribution >= 0.6 is 0 Å². The van der Waals surface area contributed by atoms with Crippen LogP contribution in [0.3, 0.4) is 0 Å². The predicted molar refractivity (Wildman–Crippen MR) is 109 cm³/mol. The number of nitrogens with one attached hydrogen (secondary N) is 1. The summed E-state index contributed by atoms with van der Waals surface area (Å²) in [5.74, 6) is 0.108. The number of piperidine rings is 1. The molecule has 4 heteroatoms. The number of hydrogen-bond donors (Lipinski definition) is 1. The predicted octanol–water partition coefficient (Wildman–Crippen LogP) is 4.18. The van der Waals surface area contributed by atoms with E-state index in [-0.39, 0.29) is 11.8 Å². The molecule has 0 saturated carbocycles. The molecule has 1 saturated heterocycles. The van der Waals surface area contributed by atoms with Crippen LogP contribution < -0.4 is 10.2 Å². The van der Waals surface area contributed by atoms with Crippen LogP contribution in [0.25, 0.3) is 0 Å². The van der Waals surface area contributed by atoms with Crippen LogP contribution in [0.2, 0.25) is 0 Å². The van der Waals surface area contributed by atoms with Gasteiger partial charge in [0.05, 0.1) is 0 Å². The molecule has 2 amide bonds. The van der Waals surface area contributed by atoms with E-state index in [1.165, 1.54) is 16.7 Å². The number of anilines is 1. The Labute approximate surface area is 161 Å². The first-order chi connectivity index (χ1) is 13.0. The Morgan fingerprint density at radius 2 is 1.85 bits per heavy atom. The molecule has 2 aromatic carbocycles. The highest BCUT2D eigenvalue weighted by atomic mass is 16.2. The number of carbonyl (C=O) groups excluding carboxylic acids is 2. The quantitative estimate of drug-likeness (QED) is 0.782. The third-order valence-corrected chi connectivity index (χ3v) is 5.17. The van der Waals surface area contributed by atoms with Crippen molar-refractivity contribution in [2.75, 3.05) is 18.0 Å². The van der Waals surface area contributed by atoms with Crippen molar-refractivity contribution in [3.05, 3.63) is 64.7 Å². The van der Waals surface area contributed by atoms with E-state index in [4.69, 9.17) is 0 Å². The van der Waals surface area contributed by atoms with Gasteiger partial charge in [-0.2, -0.15) is 0 Å². The molecule has 0 aliphatic carbocycles. The Hall–Kier alpha value is -2.62. The molecule has 27 heavy (non-hydrogen) atoms. The Kier molecular flexibility index (Phi) is 6.28. The zero-order valence-corrected chi connectivity index (χ0v) is 16.3. The minimum atomic E-state index is -0.0628. The molecule has 0 atom stereocenters. The van der Waals surface area contributed by atoms with E-state index >= 15 is 0 Å². The zero-order chi connectivity index (χ0) is 19.2. The largest absolute Gasteiger partial charge is 0.352 e. The summed E-state index contributed by atoms with van der Waals surface area (Å²) >= 11 is 0. The molecule has 1 aliphatic heterocycles. The number of nitrogens with zero attached hydrogens (tertiary/aromatic N) is 1. The molecule has 1 N–H and O–H groups in total. The molecule has 1 heterocycles. The lowest BCUT2D eigenvalue weighted by Gasteiger charge is -2.26. The van der Waals surface area contributed by atoms with E-state index in [0.29, 0.717) is 18.5 Å². The van der Waals surface area contributed by atoms with Gasteiger partial charge in [0.1, 0.15) is 0 Å². The van der Waals surface area contributed by atoms with Gasteiger partial charge in [0.2, 0.25) is 5.91 Å². The molecule has 0 unspecified atom stereocenters. The first-order valence-corrected chi connectivity index (χ1v) is 9.79. The Morgan fingerprint density at radius 1 is 1.07 bits per heavy atom. The van der Waals surface area contributed by atoms with Crippen LogP contribution in [-0.2, 0) is 11.2 Å². The summed E-state index contributed by atoms with van der Waals surface area (Å²) in [7, 11) is 0. The molecule has 4 nitrogen and oxygen atoms in total. The van der Waals surface area contributed by atoms with Crippen LogP contribution in [0.4, 0.5) is 5.69 Å². The number of rotatable bonds is 6. The highest BCUT2D eigenvalue weighted by Gasteiger charge is 2.19. The topological polar surface area (TPSA) is 49.4 Å². The smallest absolute Gasteiger partial charge is 0.251 e. The van der Waals surface area contributed by atoms with Gasteiger partial charge in [-0.15, -0.1) is 0 Å². The SMILES string of the molecule is Cc1ccc(CCCNC(=O)c2ccc(N3CCCCC3=O)cc2)c(C)c1. The normalized spacial score (nSPS) is 14.3. The number of hydrogen-bond acceptors (Lipinski definition) is 2. The van der Waals surface area contributed by atoms with Gasteiger partial charge in [-0.3, -0.25) is 9.59 Å². The zero-order valence-electron chi connectivity index (χ0n) is 16.3. The third-order valence-electron chi connectivity index (χ3n) is 5.17. The van der Waals surface area contributed by atoms with E-state index in [1.54, 1.807) is 12.1 Å². The summed E-state index contributed by atoms with van der Waals surface area (Å²) in [6, 6.07) is 13.8. The molecular weight excluding hydrogens is 336 g/mol. The maximum absolute atomic E-state index is 12.3. The van der Waals surface area contributed by atoms with Gasteiger partial charge in [-0.1, -0.05) is 23.8 Å². The molecule has 0 bridgehead atoms. The van der Waals surface area contributed by atoms with Gasteiger partial charge in [0.25, 0.3) is 5.91 Å². The second-order valence-electron chi connectivity index (χ2n) is 7.34. The number of aryl methyl sites for hydroxylation is 3. The van der Waals surface area contributed by atoms with E-state index in [2.05, 4.69) is 37.4 Å². The maximum atomic E-state index is 12.3. The molecule has 1 aliphatic rings. The number of amides is 2. The van der Waals surface area contributed by atoms with Gasteiger partial charge in [-0.25, -0.2) is 0 Å². The fourth-order valence-electron chi connectivity index (χ4n) is 3.58. The van der Waals surface area contributed by atoms with E-state index < -0.39 is 0 Å². The standard InChI is InChI=1S/C23H28N2O2/c1-17-8-9-19(18(2)16-17)6-5-14-24-23(27)20-10-12-21(13-11-20)25-15-4-3-7-22(25)26/h8-13,16H,3-7,14-15H2,1-2H3,(H,24,27). The van der Waals surface area contributed by atoms with Gasteiger partial charge in [-0.05, 0) is 74.9 Å². The summed E-state index contributed by atoms with van der Waals surface area (Å²) in [5, 5.41) is 2.99. The highest BCUT2D eigenvalue weighted by Crippen LogP contribution is 2.21. The van der Waals surface area contributed by atoms with Crippen molar-refractivity contribution in [2.24, 2.45) is 0 Å². The molecule has 0 spiro atoms. The average molecular weight is 364 g/mol. The van der Waals surface area contributed by atoms with E-state index in [9.17, 15) is 9.59 Å². The molecule has 0 aromatic heterocycles. The van der Waals surface area contributed by atoms with E-state index in [0.717, 1.165) is 37.9 Å². The Bertz CT molecular complexity index is 812. The summed E-state index contributed by atoms with van der Waals surface area (Å²) in [6.45, 7) is 5.65. The molecule has 3 rings (SSSR count). The molecule has 2 aromatic rings. The van der Waals surface area contributed by atoms with Crippen molar-refractivity contribution in [3.63, 3.8) is 0 Å². The monoisotopic (exact) mass is 364 g/mol. The van der Waals surface area contributed by atoms with Crippen LogP contribution in [0.15, 0.2) is 42.5 Å². The van der Waals surface area contributed by atoms with Gasteiger partial charge < -0.3 is 10.2 Å². The summed E-state index contributed by atoms with van der Waals surface area (Å²) in [5.41, 5.74) is 5.44. The lowest BCUT2D eigenvalue weighted by Crippen LogP contribution is -2.35. The average Bonchev–Trinajstić information content (AvgIpc) is 2.67. The van der Waals surface area contributed by atoms with Gasteiger partial charge in [0.15, 0.2) is 0 Å². The minimum absolute atomic E-state index is 0.0628. The van der Waals surface area contributed by atoms with Crippen molar-refractivity contribution in [2.45, 2.75) is 46.0 Å². The van der Waals surface area contributed by atoms with Crippen molar-refractivity contribution in [1.82, 2.24) is 5.32 Å². The van der Waals surface area contributed by atoms with Crippen LogP contribution in [-0.4, -0.2) is 24.9 Å². The number of benzene rings is 2. The Balaban J connectivity index is 1.48. The van der Waals surface area contributed by atoms with Crippen molar-refractivity contribution in [1.29, 1.82) is 0 Å². The first kappa shape index (κ1) is 19.2. The van der Waals surface area contributed by atoms with Crippen LogP contribution in [0, 0.1) is 13.8 Å². The lowest BCUT2D eigenvalue weighted by atomic mass is 10.0. The molecule has 0 radical (unpaired) electrons. The van der Waals surface area contributed by atoms with Crippen molar-refractivity contribution >= 4 is 17.5 Å². The summed E-state index contributed by atoms with van der Waals surface area (Å²) in [6.07, 6.45) is 4.49. The second-order valence-corrected chi connectivity index (χ2v) is 7.34. The lowest BCUT2D eigenvalue weighted by molar-refractivity contribution is -0.119. The fraction of sp³-hybridized carbons (Fsp3) is 0.391. The van der Waals surface area contributed by atoms with E-state index in [1.807, 2.05) is 17.0 Å². The maximum Gasteiger partial charge on any atom is 0.251 e. The second kappa shape index (κ2) is 8.85. The molecule has 1 fully saturated rings. The Morgan fingerprint density at radius 3 is 2.56 bits per heavy atom. The third kappa shape index (κ3) is 4.97. The van der Waals surface area contributed by atoms with Crippen LogP contribution in [0.1, 0.15) is 52.7 Å². The van der Waals surface area contributed by atoms with Crippen molar-refractivity contribution in [3.8, 4) is 0 Å². The van der Waals surface area contributed by atoms with Gasteiger partial charge in [0, 0.05) is 30.8 Å². The van der Waals surface area contributed by atoms with Crippen molar-refractivity contribution < 1.29 is 9.59 Å². The van der Waals surface area contributed by atoms with Crippen LogP contribution in [0.5, 0.6) is 0 Å². The molecular formula is C23H28N2O2. The summed E-state index contributed by atoms with van der Waals surface area (Å²) < 4.78 is 0. The summed E-state index contributed by atoms with van der Waals surface area (Å²) in [4.78, 5) is 26.1. The first-order valence-electron chi connectivity index (χ1n) is 9.79. The molecule has 142 valence electrons. The minimum Gasteiger partial charge on any atom is -0.352 e.